The zero-order valence-corrected chi connectivity index (χ0v) is 13.4. The van der Waals surface area contributed by atoms with Crippen molar-refractivity contribution in [3.8, 4) is 0 Å². The molecule has 0 N–H and O–H groups in total. The molecule has 0 radical (unpaired) electrons. The molecule has 2 rings (SSSR count). The highest BCUT2D eigenvalue weighted by molar-refractivity contribution is 9.10. The Hall–Kier alpha value is -0.950. The average Bonchev–Trinajstić information content (AvgIpc) is 2.70. The second kappa shape index (κ2) is 5.81. The van der Waals surface area contributed by atoms with Crippen LogP contribution in [0.25, 0.3) is 0 Å². The summed E-state index contributed by atoms with van der Waals surface area (Å²) < 4.78 is 37.3. The Morgan fingerprint density at radius 3 is 2.70 bits per heavy atom. The van der Waals surface area contributed by atoms with E-state index in [1.165, 1.54) is 17.0 Å². The summed E-state index contributed by atoms with van der Waals surface area (Å²) >= 11 is 3.17. The van der Waals surface area contributed by atoms with Crippen molar-refractivity contribution in [1.29, 1.82) is 0 Å². The van der Waals surface area contributed by atoms with E-state index in [0.717, 1.165) is 0 Å². The van der Waals surface area contributed by atoms with E-state index in [1.807, 2.05) is 0 Å². The van der Waals surface area contributed by atoms with Crippen molar-refractivity contribution >= 4 is 31.7 Å². The molecule has 4 nitrogen and oxygen atoms in total. The monoisotopic (exact) mass is 363 g/mol. The molecule has 1 aromatic rings. The molecule has 20 heavy (non-hydrogen) atoms. The highest BCUT2D eigenvalue weighted by Crippen LogP contribution is 2.25. The van der Waals surface area contributed by atoms with Gasteiger partial charge in [0.05, 0.1) is 17.1 Å². The summed E-state index contributed by atoms with van der Waals surface area (Å²) in [6, 6.07) is 3.95. The maximum absolute atomic E-state index is 13.8. The van der Waals surface area contributed by atoms with Gasteiger partial charge in [-0.05, 0) is 41.4 Å². The molecule has 0 bridgehead atoms. The Morgan fingerprint density at radius 1 is 1.50 bits per heavy atom. The van der Waals surface area contributed by atoms with Gasteiger partial charge in [-0.15, -0.1) is 0 Å². The first-order valence-electron chi connectivity index (χ1n) is 6.31. The fourth-order valence-corrected chi connectivity index (χ4v) is 4.68. The highest BCUT2D eigenvalue weighted by atomic mass is 79.9. The molecular formula is C13H15BrFNO3S. The summed E-state index contributed by atoms with van der Waals surface area (Å²) in [5, 5.41) is 0. The topological polar surface area (TPSA) is 54.5 Å². The zero-order chi connectivity index (χ0) is 14.9. The van der Waals surface area contributed by atoms with Gasteiger partial charge in [0.1, 0.15) is 5.82 Å². The first-order valence-corrected chi connectivity index (χ1v) is 8.92. The van der Waals surface area contributed by atoms with Crippen LogP contribution in [0.2, 0.25) is 0 Å². The molecule has 1 saturated heterocycles. The number of benzene rings is 1. The minimum Gasteiger partial charge on any atom is -0.335 e. The summed E-state index contributed by atoms with van der Waals surface area (Å²) in [5.41, 5.74) is -0.0429. The number of carbonyl (C=O) groups is 1. The van der Waals surface area contributed by atoms with Crippen LogP contribution in [0.15, 0.2) is 22.7 Å². The molecule has 1 aliphatic heterocycles. The molecule has 1 aliphatic rings. The Balaban J connectivity index is 2.31. The van der Waals surface area contributed by atoms with E-state index in [0.29, 0.717) is 17.4 Å². The van der Waals surface area contributed by atoms with Crippen molar-refractivity contribution in [3.63, 3.8) is 0 Å². The Kier molecular flexibility index (Phi) is 4.49. The molecule has 0 saturated carbocycles. The summed E-state index contributed by atoms with van der Waals surface area (Å²) in [5.74, 6) is -1.04. The second-order valence-electron chi connectivity index (χ2n) is 4.74. The average molecular weight is 364 g/mol. The number of hydrogen-bond acceptors (Lipinski definition) is 3. The van der Waals surface area contributed by atoms with Crippen LogP contribution in [-0.2, 0) is 9.84 Å². The predicted molar refractivity (Wildman–Crippen MR) is 77.9 cm³/mol. The van der Waals surface area contributed by atoms with Gasteiger partial charge in [0.15, 0.2) is 9.84 Å². The zero-order valence-electron chi connectivity index (χ0n) is 11.0. The van der Waals surface area contributed by atoms with Gasteiger partial charge in [-0.2, -0.15) is 0 Å². The van der Waals surface area contributed by atoms with Crippen molar-refractivity contribution in [2.24, 2.45) is 0 Å². The van der Waals surface area contributed by atoms with Gasteiger partial charge in [-0.25, -0.2) is 12.8 Å². The van der Waals surface area contributed by atoms with Gasteiger partial charge >= 0.3 is 0 Å². The molecule has 0 aliphatic carbocycles. The van der Waals surface area contributed by atoms with E-state index in [4.69, 9.17) is 0 Å². The van der Waals surface area contributed by atoms with E-state index in [-0.39, 0.29) is 23.1 Å². The molecular weight excluding hydrogens is 349 g/mol. The van der Waals surface area contributed by atoms with Crippen LogP contribution in [0.4, 0.5) is 4.39 Å². The molecule has 1 amide bonds. The van der Waals surface area contributed by atoms with Crippen LogP contribution in [0, 0.1) is 5.82 Å². The van der Waals surface area contributed by atoms with Crippen molar-refractivity contribution in [3.05, 3.63) is 34.1 Å². The van der Waals surface area contributed by atoms with Crippen LogP contribution in [0.1, 0.15) is 23.7 Å². The summed E-state index contributed by atoms with van der Waals surface area (Å²) in [6.07, 6.45) is 0.411. The second-order valence-corrected chi connectivity index (χ2v) is 7.83. The van der Waals surface area contributed by atoms with Crippen molar-refractivity contribution in [1.82, 2.24) is 4.90 Å². The maximum Gasteiger partial charge on any atom is 0.258 e. The number of halogens is 2. The third-order valence-corrected chi connectivity index (χ3v) is 5.84. The minimum absolute atomic E-state index is 0.0429. The largest absolute Gasteiger partial charge is 0.335 e. The van der Waals surface area contributed by atoms with Crippen LogP contribution < -0.4 is 0 Å². The third-order valence-electron chi connectivity index (χ3n) is 3.43. The molecule has 0 spiro atoms. The van der Waals surface area contributed by atoms with Gasteiger partial charge in [0, 0.05) is 17.1 Å². The van der Waals surface area contributed by atoms with Crippen LogP contribution >= 0.6 is 15.9 Å². The lowest BCUT2D eigenvalue weighted by molar-refractivity contribution is 0.0702. The summed E-state index contributed by atoms with van der Waals surface area (Å²) in [7, 11) is -3.09. The third kappa shape index (κ3) is 3.03. The maximum atomic E-state index is 13.8. The quantitative estimate of drug-likeness (QED) is 0.827. The molecule has 1 unspecified atom stereocenters. The van der Waals surface area contributed by atoms with Gasteiger partial charge in [-0.3, -0.25) is 4.79 Å². The first-order chi connectivity index (χ1) is 9.35. The van der Waals surface area contributed by atoms with E-state index >= 15 is 0 Å². The normalized spacial score (nSPS) is 20.9. The highest BCUT2D eigenvalue weighted by Gasteiger charge is 2.35. The molecule has 1 heterocycles. The van der Waals surface area contributed by atoms with E-state index in [1.54, 1.807) is 13.0 Å². The van der Waals surface area contributed by atoms with Crippen LogP contribution in [0.5, 0.6) is 0 Å². The van der Waals surface area contributed by atoms with E-state index in [9.17, 15) is 17.6 Å². The van der Waals surface area contributed by atoms with Gasteiger partial charge in [-0.1, -0.05) is 6.07 Å². The predicted octanol–water partition coefficient (Wildman–Crippen LogP) is 2.24. The minimum atomic E-state index is -3.09. The van der Waals surface area contributed by atoms with E-state index in [2.05, 4.69) is 15.9 Å². The van der Waals surface area contributed by atoms with Crippen LogP contribution in [0.3, 0.4) is 0 Å². The summed E-state index contributed by atoms with van der Waals surface area (Å²) in [4.78, 5) is 13.9. The number of rotatable bonds is 3. The smallest absolute Gasteiger partial charge is 0.258 e. The molecule has 0 aromatic heterocycles. The van der Waals surface area contributed by atoms with Crippen molar-refractivity contribution < 1.29 is 17.6 Å². The molecule has 7 heteroatoms. The van der Waals surface area contributed by atoms with Crippen molar-refractivity contribution in [2.75, 3.05) is 18.1 Å². The number of sulfone groups is 1. The molecule has 1 fully saturated rings. The van der Waals surface area contributed by atoms with Gasteiger partial charge in [0.2, 0.25) is 0 Å². The lowest BCUT2D eigenvalue weighted by atomic mass is 10.1. The van der Waals surface area contributed by atoms with Gasteiger partial charge in [0.25, 0.3) is 5.91 Å². The van der Waals surface area contributed by atoms with E-state index < -0.39 is 21.6 Å². The first kappa shape index (κ1) is 15.4. The molecule has 1 aromatic carbocycles. The number of nitrogens with zero attached hydrogens (tertiary/aromatic N) is 1. The molecule has 110 valence electrons. The fourth-order valence-electron chi connectivity index (χ4n) is 2.43. The SMILES string of the molecule is CCN(C(=O)c1c(F)cccc1Br)C1CCS(=O)(=O)C1. The van der Waals surface area contributed by atoms with Crippen molar-refractivity contribution in [2.45, 2.75) is 19.4 Å². The Morgan fingerprint density at radius 2 is 2.20 bits per heavy atom. The molecule has 1 atom stereocenters. The standard InChI is InChI=1S/C13H15BrFNO3S/c1-2-16(9-6-7-20(18,19)8-9)13(17)12-10(14)4-3-5-11(12)15/h3-5,9H,2,6-8H2,1H3. The Labute approximate surface area is 126 Å². The number of amides is 1. The fraction of sp³-hybridized carbons (Fsp3) is 0.462. The van der Waals surface area contributed by atoms with Gasteiger partial charge < -0.3 is 4.90 Å². The van der Waals surface area contributed by atoms with Crippen LogP contribution in [-0.4, -0.2) is 43.3 Å². The Bertz CT molecular complexity index is 612. The summed E-state index contributed by atoms with van der Waals surface area (Å²) in [6.45, 7) is 2.11. The number of carbonyl (C=O) groups excluding carboxylic acids is 1. The number of hydrogen-bond donors (Lipinski definition) is 0. The lowest BCUT2D eigenvalue weighted by Crippen LogP contribution is -2.41. The lowest BCUT2D eigenvalue weighted by Gasteiger charge is -2.27.